The van der Waals surface area contributed by atoms with E-state index in [2.05, 4.69) is 11.2 Å². The number of nitrogens with one attached hydrogen (secondary N) is 1. The van der Waals surface area contributed by atoms with E-state index in [-0.39, 0.29) is 6.10 Å². The summed E-state index contributed by atoms with van der Waals surface area (Å²) in [5, 5.41) is 4.20. The third-order valence-electron chi connectivity index (χ3n) is 1.88. The van der Waals surface area contributed by atoms with Crippen LogP contribution >= 0.6 is 23.2 Å². The number of halogens is 2. The van der Waals surface area contributed by atoms with E-state index in [1.165, 1.54) is 0 Å². The van der Waals surface area contributed by atoms with Gasteiger partial charge in [0, 0.05) is 17.6 Å². The molecule has 0 heterocycles. The number of benzene rings is 1. The molecule has 0 saturated heterocycles. The third-order valence-corrected chi connectivity index (χ3v) is 2.43. The fourth-order valence-electron chi connectivity index (χ4n) is 1.17. The standard InChI is InChI=1S/C12H13Cl2NO/c1-3-6-15-8-9(2)16-12-7-10(13)4-5-11(12)14/h1,4-5,7,9,15H,6,8H2,2H3. The Balaban J connectivity index is 2.52. The number of hydrogen-bond acceptors (Lipinski definition) is 2. The average Bonchev–Trinajstić information content (AvgIpc) is 2.24. The molecule has 0 aliphatic rings. The summed E-state index contributed by atoms with van der Waals surface area (Å²) in [4.78, 5) is 0. The van der Waals surface area contributed by atoms with Gasteiger partial charge in [-0.1, -0.05) is 29.1 Å². The second-order valence-corrected chi connectivity index (χ2v) is 4.18. The van der Waals surface area contributed by atoms with Crippen molar-refractivity contribution in [3.8, 4) is 18.1 Å². The zero-order chi connectivity index (χ0) is 12.0. The van der Waals surface area contributed by atoms with Crippen LogP contribution in [0.1, 0.15) is 6.92 Å². The Labute approximate surface area is 106 Å². The van der Waals surface area contributed by atoms with Gasteiger partial charge in [-0.2, -0.15) is 0 Å². The Morgan fingerprint density at radius 3 is 2.94 bits per heavy atom. The fraction of sp³-hybridized carbons (Fsp3) is 0.333. The summed E-state index contributed by atoms with van der Waals surface area (Å²) in [7, 11) is 0. The van der Waals surface area contributed by atoms with E-state index in [1.54, 1.807) is 18.2 Å². The van der Waals surface area contributed by atoms with Crippen molar-refractivity contribution in [2.45, 2.75) is 13.0 Å². The van der Waals surface area contributed by atoms with Crippen molar-refractivity contribution in [2.24, 2.45) is 0 Å². The van der Waals surface area contributed by atoms with Gasteiger partial charge in [-0.3, -0.25) is 0 Å². The molecule has 1 aromatic carbocycles. The summed E-state index contributed by atoms with van der Waals surface area (Å²) in [6.07, 6.45) is 5.10. The topological polar surface area (TPSA) is 21.3 Å². The molecule has 1 atom stereocenters. The highest BCUT2D eigenvalue weighted by molar-refractivity contribution is 6.34. The molecule has 4 heteroatoms. The minimum Gasteiger partial charge on any atom is -0.488 e. The predicted molar refractivity (Wildman–Crippen MR) is 68.3 cm³/mol. The Morgan fingerprint density at radius 2 is 2.25 bits per heavy atom. The number of terminal acetylenes is 1. The highest BCUT2D eigenvalue weighted by Gasteiger charge is 2.07. The fourth-order valence-corrected chi connectivity index (χ4v) is 1.50. The molecule has 0 aromatic heterocycles. The molecule has 1 aromatic rings. The Hall–Kier alpha value is -0.880. The summed E-state index contributed by atoms with van der Waals surface area (Å²) >= 11 is 11.8. The normalized spacial score (nSPS) is 11.9. The van der Waals surface area contributed by atoms with Crippen LogP contribution in [-0.2, 0) is 0 Å². The van der Waals surface area contributed by atoms with Gasteiger partial charge in [0.15, 0.2) is 0 Å². The number of ether oxygens (including phenoxy) is 1. The van der Waals surface area contributed by atoms with Crippen LogP contribution in [0.4, 0.5) is 0 Å². The molecule has 2 nitrogen and oxygen atoms in total. The van der Waals surface area contributed by atoms with Crippen molar-refractivity contribution in [3.05, 3.63) is 28.2 Å². The first-order valence-electron chi connectivity index (χ1n) is 4.89. The van der Waals surface area contributed by atoms with Crippen LogP contribution in [0.3, 0.4) is 0 Å². The van der Waals surface area contributed by atoms with Crippen LogP contribution in [0, 0.1) is 12.3 Å². The van der Waals surface area contributed by atoms with Crippen LogP contribution in [0.5, 0.6) is 5.75 Å². The lowest BCUT2D eigenvalue weighted by Gasteiger charge is -2.15. The Bertz CT molecular complexity index is 387. The maximum Gasteiger partial charge on any atom is 0.139 e. The lowest BCUT2D eigenvalue weighted by Crippen LogP contribution is -2.29. The van der Waals surface area contributed by atoms with Crippen molar-refractivity contribution >= 4 is 23.2 Å². The van der Waals surface area contributed by atoms with E-state index in [4.69, 9.17) is 34.4 Å². The van der Waals surface area contributed by atoms with Gasteiger partial charge < -0.3 is 10.1 Å². The summed E-state index contributed by atoms with van der Waals surface area (Å²) in [6, 6.07) is 5.13. The van der Waals surface area contributed by atoms with Crippen molar-refractivity contribution in [2.75, 3.05) is 13.1 Å². The zero-order valence-electron chi connectivity index (χ0n) is 8.97. The maximum atomic E-state index is 5.97. The lowest BCUT2D eigenvalue weighted by molar-refractivity contribution is 0.219. The second kappa shape index (κ2) is 6.65. The van der Waals surface area contributed by atoms with E-state index < -0.39 is 0 Å². The molecule has 1 N–H and O–H groups in total. The van der Waals surface area contributed by atoms with Crippen LogP contribution in [0.25, 0.3) is 0 Å². The highest BCUT2D eigenvalue weighted by Crippen LogP contribution is 2.28. The van der Waals surface area contributed by atoms with E-state index in [9.17, 15) is 0 Å². The van der Waals surface area contributed by atoms with Gasteiger partial charge in [0.25, 0.3) is 0 Å². The molecule has 0 bridgehead atoms. The molecular formula is C12H13Cl2NO. The summed E-state index contributed by atoms with van der Waals surface area (Å²) in [5.41, 5.74) is 0. The first-order chi connectivity index (χ1) is 7.63. The summed E-state index contributed by atoms with van der Waals surface area (Å²) < 4.78 is 5.63. The lowest BCUT2D eigenvalue weighted by atomic mass is 10.3. The molecule has 0 aliphatic heterocycles. The van der Waals surface area contributed by atoms with Crippen molar-refractivity contribution in [3.63, 3.8) is 0 Å². The van der Waals surface area contributed by atoms with Gasteiger partial charge in [0.1, 0.15) is 11.9 Å². The predicted octanol–water partition coefficient (Wildman–Crippen LogP) is 2.98. The van der Waals surface area contributed by atoms with Crippen molar-refractivity contribution < 1.29 is 4.74 Å². The quantitative estimate of drug-likeness (QED) is 0.647. The molecule has 86 valence electrons. The van der Waals surface area contributed by atoms with Crippen LogP contribution in [0.2, 0.25) is 10.0 Å². The first-order valence-corrected chi connectivity index (χ1v) is 5.65. The molecule has 0 fully saturated rings. The largest absolute Gasteiger partial charge is 0.488 e. The van der Waals surface area contributed by atoms with E-state index in [0.717, 1.165) is 0 Å². The average molecular weight is 258 g/mol. The molecule has 0 radical (unpaired) electrons. The first kappa shape index (κ1) is 13.2. The minimum atomic E-state index is -0.0238. The maximum absolute atomic E-state index is 5.97. The van der Waals surface area contributed by atoms with Crippen LogP contribution in [0.15, 0.2) is 18.2 Å². The second-order valence-electron chi connectivity index (χ2n) is 3.34. The monoisotopic (exact) mass is 257 g/mol. The SMILES string of the molecule is C#CCNCC(C)Oc1cc(Cl)ccc1Cl. The molecule has 0 spiro atoms. The number of hydrogen-bond donors (Lipinski definition) is 1. The van der Waals surface area contributed by atoms with E-state index >= 15 is 0 Å². The minimum absolute atomic E-state index is 0.0238. The zero-order valence-corrected chi connectivity index (χ0v) is 10.5. The van der Waals surface area contributed by atoms with Crippen LogP contribution < -0.4 is 10.1 Å². The van der Waals surface area contributed by atoms with Gasteiger partial charge in [-0.05, 0) is 19.1 Å². The molecule has 1 rings (SSSR count). The van der Waals surface area contributed by atoms with Crippen molar-refractivity contribution in [1.82, 2.24) is 5.32 Å². The molecule has 0 amide bonds. The van der Waals surface area contributed by atoms with E-state index in [1.807, 2.05) is 6.92 Å². The summed E-state index contributed by atoms with van der Waals surface area (Å²) in [5.74, 6) is 3.08. The van der Waals surface area contributed by atoms with Gasteiger partial charge >= 0.3 is 0 Å². The van der Waals surface area contributed by atoms with Crippen molar-refractivity contribution in [1.29, 1.82) is 0 Å². The van der Waals surface area contributed by atoms with Gasteiger partial charge in [0.2, 0.25) is 0 Å². The van der Waals surface area contributed by atoms with Crippen LogP contribution in [-0.4, -0.2) is 19.2 Å². The molecule has 0 aliphatic carbocycles. The van der Waals surface area contributed by atoms with E-state index in [0.29, 0.717) is 28.9 Å². The third kappa shape index (κ3) is 4.32. The molecule has 1 unspecified atom stereocenters. The number of rotatable bonds is 5. The van der Waals surface area contributed by atoms with Gasteiger partial charge in [-0.25, -0.2) is 0 Å². The molecule has 16 heavy (non-hydrogen) atoms. The Morgan fingerprint density at radius 1 is 1.50 bits per heavy atom. The molecule has 0 saturated carbocycles. The van der Waals surface area contributed by atoms with Gasteiger partial charge in [-0.15, -0.1) is 6.42 Å². The highest BCUT2D eigenvalue weighted by atomic mass is 35.5. The summed E-state index contributed by atoms with van der Waals surface area (Å²) in [6.45, 7) is 3.12. The molecular weight excluding hydrogens is 245 g/mol. The van der Waals surface area contributed by atoms with Gasteiger partial charge in [0.05, 0.1) is 11.6 Å². The smallest absolute Gasteiger partial charge is 0.139 e. The Kier molecular flexibility index (Phi) is 5.48.